The van der Waals surface area contributed by atoms with Crippen LogP contribution >= 0.6 is 11.3 Å². The quantitative estimate of drug-likeness (QED) is 0.688. The van der Waals surface area contributed by atoms with Gasteiger partial charge in [-0.25, -0.2) is 0 Å². The summed E-state index contributed by atoms with van der Waals surface area (Å²) in [5, 5.41) is 2.26. The summed E-state index contributed by atoms with van der Waals surface area (Å²) in [7, 11) is 0. The van der Waals surface area contributed by atoms with Crippen molar-refractivity contribution in [1.29, 1.82) is 0 Å². The molecule has 1 fully saturated rings. The molecule has 4 heteroatoms. The van der Waals surface area contributed by atoms with Gasteiger partial charge >= 0.3 is 0 Å². The molecule has 2 aromatic heterocycles. The Kier molecular flexibility index (Phi) is 6.26. The molecule has 1 aliphatic heterocycles. The summed E-state index contributed by atoms with van der Waals surface area (Å²) in [5.74, 6) is 0. The molecule has 0 spiro atoms. The molecule has 25 heavy (non-hydrogen) atoms. The van der Waals surface area contributed by atoms with Crippen LogP contribution in [0.25, 0.3) is 0 Å². The van der Waals surface area contributed by atoms with Gasteiger partial charge < -0.3 is 4.74 Å². The summed E-state index contributed by atoms with van der Waals surface area (Å²) in [4.78, 5) is 8.52. The van der Waals surface area contributed by atoms with Gasteiger partial charge in [-0.2, -0.15) is 0 Å². The third-order valence-corrected chi connectivity index (χ3v) is 6.31. The second-order valence-corrected chi connectivity index (χ2v) is 8.49. The number of ether oxygens (including phenoxy) is 1. The van der Waals surface area contributed by atoms with Crippen LogP contribution in [0.3, 0.4) is 0 Å². The summed E-state index contributed by atoms with van der Waals surface area (Å²) < 4.78 is 5.89. The highest BCUT2D eigenvalue weighted by molar-refractivity contribution is 7.10. The number of hydrogen-bond acceptors (Lipinski definition) is 4. The highest BCUT2D eigenvalue weighted by Crippen LogP contribution is 2.37. The van der Waals surface area contributed by atoms with Gasteiger partial charge in [-0.05, 0) is 75.2 Å². The van der Waals surface area contributed by atoms with E-state index in [0.717, 1.165) is 38.5 Å². The van der Waals surface area contributed by atoms with E-state index in [4.69, 9.17) is 4.74 Å². The zero-order valence-corrected chi connectivity index (χ0v) is 16.6. The van der Waals surface area contributed by atoms with Crippen LogP contribution in [0.2, 0.25) is 0 Å². The molecule has 0 saturated carbocycles. The monoisotopic (exact) mass is 358 g/mol. The van der Waals surface area contributed by atoms with Gasteiger partial charge in [-0.15, -0.1) is 11.3 Å². The van der Waals surface area contributed by atoms with E-state index < -0.39 is 0 Å². The van der Waals surface area contributed by atoms with E-state index in [-0.39, 0.29) is 0 Å². The normalized spacial score (nSPS) is 21.1. The van der Waals surface area contributed by atoms with E-state index in [9.17, 15) is 0 Å². The lowest BCUT2D eigenvalue weighted by Gasteiger charge is -2.29. The first-order chi connectivity index (χ1) is 12.1. The third kappa shape index (κ3) is 5.13. The maximum absolute atomic E-state index is 5.89. The first kappa shape index (κ1) is 18.6. The van der Waals surface area contributed by atoms with Crippen LogP contribution in [0.15, 0.2) is 29.8 Å². The second-order valence-electron chi connectivity index (χ2n) is 7.50. The van der Waals surface area contributed by atoms with Crippen molar-refractivity contribution in [3.63, 3.8) is 0 Å². The predicted octanol–water partition coefficient (Wildman–Crippen LogP) is 4.62. The zero-order valence-electron chi connectivity index (χ0n) is 15.8. The molecule has 3 rings (SSSR count). The van der Waals surface area contributed by atoms with E-state index in [1.165, 1.54) is 35.3 Å². The summed E-state index contributed by atoms with van der Waals surface area (Å²) >= 11 is 1.90. The average molecular weight is 359 g/mol. The van der Waals surface area contributed by atoms with Crippen molar-refractivity contribution in [2.75, 3.05) is 26.3 Å². The van der Waals surface area contributed by atoms with Crippen LogP contribution in [0, 0.1) is 19.3 Å². The highest BCUT2D eigenvalue weighted by Gasteiger charge is 2.38. The van der Waals surface area contributed by atoms with E-state index in [1.807, 2.05) is 24.5 Å². The number of rotatable bonds is 8. The molecule has 2 aromatic rings. The maximum atomic E-state index is 5.89. The predicted molar refractivity (Wildman–Crippen MR) is 105 cm³/mol. The lowest BCUT2D eigenvalue weighted by molar-refractivity contribution is 0.0490. The Hall–Kier alpha value is -1.23. The van der Waals surface area contributed by atoms with Gasteiger partial charge in [-0.1, -0.05) is 6.07 Å². The van der Waals surface area contributed by atoms with Crippen LogP contribution in [0.5, 0.6) is 0 Å². The molecule has 0 unspecified atom stereocenters. The first-order valence-electron chi connectivity index (χ1n) is 9.34. The molecule has 0 aromatic carbocycles. The Bertz CT molecular complexity index is 667. The van der Waals surface area contributed by atoms with E-state index >= 15 is 0 Å². The van der Waals surface area contributed by atoms with Gasteiger partial charge in [0.2, 0.25) is 0 Å². The summed E-state index contributed by atoms with van der Waals surface area (Å²) in [6.07, 6.45) is 5.64. The molecular formula is C21H30N2OS. The van der Waals surface area contributed by atoms with Gasteiger partial charge in [-0.3, -0.25) is 9.88 Å². The Morgan fingerprint density at radius 3 is 2.88 bits per heavy atom. The second kappa shape index (κ2) is 8.43. The van der Waals surface area contributed by atoms with Crippen molar-refractivity contribution < 1.29 is 4.74 Å². The molecule has 1 aliphatic rings. The fraction of sp³-hybridized carbons (Fsp3) is 0.571. The Morgan fingerprint density at radius 1 is 1.32 bits per heavy atom. The summed E-state index contributed by atoms with van der Waals surface area (Å²) in [6.45, 7) is 11.3. The average Bonchev–Trinajstić information content (AvgIpc) is 3.20. The number of hydrogen-bond donors (Lipinski definition) is 0. The van der Waals surface area contributed by atoms with Crippen LogP contribution in [0.4, 0.5) is 0 Å². The van der Waals surface area contributed by atoms with Crippen LogP contribution < -0.4 is 0 Å². The van der Waals surface area contributed by atoms with Crippen molar-refractivity contribution in [2.24, 2.45) is 5.41 Å². The molecule has 1 atom stereocenters. The smallest absolute Gasteiger partial charge is 0.0535 e. The van der Waals surface area contributed by atoms with Gasteiger partial charge in [0.1, 0.15) is 0 Å². The number of thiophene rings is 1. The molecular weight excluding hydrogens is 328 g/mol. The molecule has 3 heterocycles. The van der Waals surface area contributed by atoms with Gasteiger partial charge in [0, 0.05) is 41.9 Å². The van der Waals surface area contributed by atoms with Gasteiger partial charge in [0.15, 0.2) is 0 Å². The summed E-state index contributed by atoms with van der Waals surface area (Å²) in [5.41, 5.74) is 4.08. The molecule has 0 N–H and O–H groups in total. The van der Waals surface area contributed by atoms with Crippen molar-refractivity contribution in [3.8, 4) is 0 Å². The van der Waals surface area contributed by atoms with E-state index in [2.05, 4.69) is 47.3 Å². The number of nitrogens with zero attached hydrogens (tertiary/aromatic N) is 2. The molecule has 136 valence electrons. The molecule has 0 aliphatic carbocycles. The topological polar surface area (TPSA) is 25.4 Å². The molecule has 0 radical (unpaired) electrons. The molecule has 3 nitrogen and oxygen atoms in total. The van der Waals surface area contributed by atoms with Gasteiger partial charge in [0.05, 0.1) is 6.61 Å². The van der Waals surface area contributed by atoms with Crippen LogP contribution in [0.1, 0.15) is 41.5 Å². The standard InChI is InChI=1S/C21H30N2OS/c1-4-24-16-21(8-7-20-11-17(2)14-25-20)9-10-23(15-21)13-19-6-5-18(3)22-12-19/h5-6,11-12,14H,4,7-10,13,15-16H2,1-3H3/t21-/m1/s1. The molecule has 0 bridgehead atoms. The van der Waals surface area contributed by atoms with Crippen LogP contribution in [-0.4, -0.2) is 36.2 Å². The van der Waals surface area contributed by atoms with Crippen molar-refractivity contribution in [1.82, 2.24) is 9.88 Å². The number of aromatic nitrogens is 1. The van der Waals surface area contributed by atoms with Crippen molar-refractivity contribution in [2.45, 2.75) is 46.6 Å². The minimum Gasteiger partial charge on any atom is -0.381 e. The SMILES string of the molecule is CCOC[C@]1(CCc2cc(C)cs2)CCN(Cc2ccc(C)nc2)C1. The van der Waals surface area contributed by atoms with E-state index in [0.29, 0.717) is 5.41 Å². The van der Waals surface area contributed by atoms with Crippen molar-refractivity contribution in [3.05, 3.63) is 51.5 Å². The Labute approximate surface area is 156 Å². The fourth-order valence-electron chi connectivity index (χ4n) is 3.74. The maximum Gasteiger partial charge on any atom is 0.0535 e. The minimum atomic E-state index is 0.298. The number of pyridine rings is 1. The highest BCUT2D eigenvalue weighted by atomic mass is 32.1. The lowest BCUT2D eigenvalue weighted by atomic mass is 9.83. The molecule has 1 saturated heterocycles. The largest absolute Gasteiger partial charge is 0.381 e. The van der Waals surface area contributed by atoms with Crippen LogP contribution in [-0.2, 0) is 17.7 Å². The van der Waals surface area contributed by atoms with E-state index in [1.54, 1.807) is 0 Å². The van der Waals surface area contributed by atoms with Gasteiger partial charge in [0.25, 0.3) is 0 Å². The third-order valence-electron chi connectivity index (χ3n) is 5.20. The number of aryl methyl sites for hydroxylation is 3. The Morgan fingerprint density at radius 2 is 2.20 bits per heavy atom. The van der Waals surface area contributed by atoms with Crippen molar-refractivity contribution >= 4 is 11.3 Å². The molecule has 0 amide bonds. The number of likely N-dealkylation sites (tertiary alicyclic amines) is 1. The lowest BCUT2D eigenvalue weighted by Crippen LogP contribution is -2.32. The zero-order chi connectivity index (χ0) is 17.7. The minimum absolute atomic E-state index is 0.298. The Balaban J connectivity index is 1.61. The fourth-order valence-corrected chi connectivity index (χ4v) is 4.61. The first-order valence-corrected chi connectivity index (χ1v) is 10.2. The summed E-state index contributed by atoms with van der Waals surface area (Å²) in [6, 6.07) is 6.65.